The van der Waals surface area contributed by atoms with Gasteiger partial charge in [-0.2, -0.15) is 0 Å². The molecule has 0 radical (unpaired) electrons. The van der Waals surface area contributed by atoms with Gasteiger partial charge in [0.25, 0.3) is 0 Å². The van der Waals surface area contributed by atoms with Crippen LogP contribution >= 0.6 is 11.8 Å². The summed E-state index contributed by atoms with van der Waals surface area (Å²) in [7, 11) is 0. The first-order valence-electron chi connectivity index (χ1n) is 7.53. The molecule has 0 unspecified atom stereocenters. The summed E-state index contributed by atoms with van der Waals surface area (Å²) in [6.45, 7) is 1.92. The summed E-state index contributed by atoms with van der Waals surface area (Å²) >= 11 is 1.31. The molecule has 1 aromatic heterocycles. The topological polar surface area (TPSA) is 81.2 Å². The number of alkyl carbamates (subject to hydrolysis) is 1. The molecule has 1 fully saturated rings. The van der Waals surface area contributed by atoms with Gasteiger partial charge in [-0.15, -0.1) is 0 Å². The number of ether oxygens (including phenoxy) is 1. The smallest absolute Gasteiger partial charge is 0.413 e. The highest BCUT2D eigenvalue weighted by Crippen LogP contribution is 2.39. The van der Waals surface area contributed by atoms with Gasteiger partial charge in [0.05, 0.1) is 17.9 Å². The van der Waals surface area contributed by atoms with Gasteiger partial charge in [0.1, 0.15) is 10.9 Å². The van der Waals surface area contributed by atoms with Crippen LogP contribution in [0, 0.1) is 0 Å². The molecule has 23 heavy (non-hydrogen) atoms. The largest absolute Gasteiger partial charge is 0.450 e. The van der Waals surface area contributed by atoms with E-state index in [4.69, 9.17) is 0 Å². The van der Waals surface area contributed by atoms with Crippen molar-refractivity contribution in [3.05, 3.63) is 30.1 Å². The maximum absolute atomic E-state index is 11.8. The Labute approximate surface area is 138 Å². The molecule has 7 heteroatoms. The number of nitrogens with one attached hydrogen (secondary N) is 1. The second kappa shape index (κ2) is 6.95. The number of hydrogen-bond donors (Lipinski definition) is 1. The van der Waals surface area contributed by atoms with Gasteiger partial charge in [-0.25, -0.2) is 14.8 Å². The number of hydrogen-bond acceptors (Lipinski definition) is 6. The Kier molecular flexibility index (Phi) is 4.76. The van der Waals surface area contributed by atoms with E-state index in [2.05, 4.69) is 20.0 Å². The van der Waals surface area contributed by atoms with E-state index in [1.165, 1.54) is 11.8 Å². The van der Waals surface area contributed by atoms with Crippen LogP contribution < -0.4 is 5.32 Å². The summed E-state index contributed by atoms with van der Waals surface area (Å²) in [4.78, 5) is 32.2. The van der Waals surface area contributed by atoms with E-state index < -0.39 is 12.0 Å². The number of para-hydroxylation sites is 1. The first kappa shape index (κ1) is 15.7. The number of fused-ring (bicyclic) bond motifs is 1. The van der Waals surface area contributed by atoms with Crippen LogP contribution in [0.3, 0.4) is 0 Å². The Hall–Kier alpha value is -2.15. The van der Waals surface area contributed by atoms with Crippen LogP contribution in [0.1, 0.15) is 31.5 Å². The fourth-order valence-corrected chi connectivity index (χ4v) is 2.98. The second-order valence-electron chi connectivity index (χ2n) is 5.24. The average molecular weight is 331 g/mol. The molecule has 0 saturated heterocycles. The highest BCUT2D eigenvalue weighted by Gasteiger charge is 2.27. The summed E-state index contributed by atoms with van der Waals surface area (Å²) in [6, 6.07) is 7.75. The molecule has 1 heterocycles. The number of thioether (sulfide) groups is 1. The van der Waals surface area contributed by atoms with E-state index >= 15 is 0 Å². The molecule has 0 aliphatic heterocycles. The Bertz CT molecular complexity index is 746. The highest BCUT2D eigenvalue weighted by atomic mass is 32.2. The average Bonchev–Trinajstić information content (AvgIpc) is 3.37. The monoisotopic (exact) mass is 331 g/mol. The number of benzene rings is 1. The molecule has 1 N–H and O–H groups in total. The minimum Gasteiger partial charge on any atom is -0.450 e. The molecule has 2 amide bonds. The van der Waals surface area contributed by atoms with Gasteiger partial charge in [0.15, 0.2) is 0 Å². The van der Waals surface area contributed by atoms with Gasteiger partial charge in [0.2, 0.25) is 5.91 Å². The molecule has 6 nitrogen and oxygen atoms in total. The van der Waals surface area contributed by atoms with Gasteiger partial charge in [-0.3, -0.25) is 10.1 Å². The van der Waals surface area contributed by atoms with Gasteiger partial charge in [-0.05, 0) is 25.8 Å². The van der Waals surface area contributed by atoms with Crippen molar-refractivity contribution in [3.63, 3.8) is 0 Å². The lowest BCUT2D eigenvalue weighted by Gasteiger charge is -2.08. The Morgan fingerprint density at radius 2 is 2.09 bits per heavy atom. The molecule has 1 aromatic carbocycles. The molecule has 0 spiro atoms. The number of rotatable bonds is 5. The van der Waals surface area contributed by atoms with Crippen LogP contribution in [-0.4, -0.2) is 34.3 Å². The highest BCUT2D eigenvalue weighted by molar-refractivity contribution is 8.00. The standard InChI is InChI=1S/C16H17N3O3S/c1-2-22-16(21)18-13(20)9-23-15-11-5-3-4-6-12(11)17-14(19-15)10-7-8-10/h3-6,10H,2,7-9H2,1H3,(H,18,20,21). The Morgan fingerprint density at radius 1 is 1.30 bits per heavy atom. The SMILES string of the molecule is CCOC(=O)NC(=O)CSc1nc(C2CC2)nc2ccccc12. The first-order valence-corrected chi connectivity index (χ1v) is 8.52. The summed E-state index contributed by atoms with van der Waals surface area (Å²) < 4.78 is 4.69. The Morgan fingerprint density at radius 3 is 2.83 bits per heavy atom. The molecular weight excluding hydrogens is 314 g/mol. The number of carbonyl (C=O) groups is 2. The Balaban J connectivity index is 1.74. The summed E-state index contributed by atoms with van der Waals surface area (Å²) in [5, 5.41) is 3.88. The van der Waals surface area contributed by atoms with Crippen molar-refractivity contribution in [2.24, 2.45) is 0 Å². The second-order valence-corrected chi connectivity index (χ2v) is 6.20. The lowest BCUT2D eigenvalue weighted by atomic mass is 10.2. The zero-order valence-corrected chi connectivity index (χ0v) is 13.6. The van der Waals surface area contributed by atoms with Gasteiger partial charge < -0.3 is 4.74 Å². The number of imide groups is 1. The van der Waals surface area contributed by atoms with Crippen LogP contribution in [-0.2, 0) is 9.53 Å². The fraction of sp³-hybridized carbons (Fsp3) is 0.375. The molecule has 1 saturated carbocycles. The van der Waals surface area contributed by atoms with Gasteiger partial charge in [-0.1, -0.05) is 30.0 Å². The van der Waals surface area contributed by atoms with Crippen molar-refractivity contribution in [2.75, 3.05) is 12.4 Å². The van der Waals surface area contributed by atoms with E-state index in [1.807, 2.05) is 24.3 Å². The van der Waals surface area contributed by atoms with Crippen molar-refractivity contribution in [1.82, 2.24) is 15.3 Å². The summed E-state index contributed by atoms with van der Waals surface area (Å²) in [6.07, 6.45) is 1.52. The zero-order chi connectivity index (χ0) is 16.2. The molecule has 1 aliphatic carbocycles. The molecule has 120 valence electrons. The predicted molar refractivity (Wildman–Crippen MR) is 87.4 cm³/mol. The fourth-order valence-electron chi connectivity index (χ4n) is 2.15. The molecular formula is C16H17N3O3S. The first-order chi connectivity index (χ1) is 11.2. The molecule has 0 bridgehead atoms. The van der Waals surface area contributed by atoms with Crippen molar-refractivity contribution < 1.29 is 14.3 Å². The van der Waals surface area contributed by atoms with Crippen LogP contribution in [0.2, 0.25) is 0 Å². The maximum Gasteiger partial charge on any atom is 0.413 e. The van der Waals surface area contributed by atoms with Crippen molar-refractivity contribution in [1.29, 1.82) is 0 Å². The number of carbonyl (C=O) groups excluding carboxylic acids is 2. The van der Waals surface area contributed by atoms with Crippen LogP contribution in [0.15, 0.2) is 29.3 Å². The van der Waals surface area contributed by atoms with E-state index in [-0.39, 0.29) is 12.4 Å². The minimum atomic E-state index is -0.718. The lowest BCUT2D eigenvalue weighted by molar-refractivity contribution is -0.117. The van der Waals surface area contributed by atoms with Crippen LogP contribution in [0.25, 0.3) is 10.9 Å². The summed E-state index contributed by atoms with van der Waals surface area (Å²) in [5.41, 5.74) is 0.887. The van der Waals surface area contributed by atoms with Crippen molar-refractivity contribution in [2.45, 2.75) is 30.7 Å². The number of nitrogens with zero attached hydrogens (tertiary/aromatic N) is 2. The predicted octanol–water partition coefficient (Wildman–Crippen LogP) is 2.87. The van der Waals surface area contributed by atoms with E-state index in [9.17, 15) is 9.59 Å². The number of amides is 2. The van der Waals surface area contributed by atoms with Crippen molar-refractivity contribution in [3.8, 4) is 0 Å². The normalized spacial score (nSPS) is 13.8. The third-order valence-corrected chi connectivity index (χ3v) is 4.38. The van der Waals surface area contributed by atoms with Crippen LogP contribution in [0.4, 0.5) is 4.79 Å². The molecule has 2 aromatic rings. The van der Waals surface area contributed by atoms with E-state index in [0.717, 1.165) is 34.6 Å². The third-order valence-electron chi connectivity index (χ3n) is 3.38. The van der Waals surface area contributed by atoms with E-state index in [1.54, 1.807) is 6.92 Å². The molecule has 1 aliphatic rings. The number of aromatic nitrogens is 2. The maximum atomic E-state index is 11.8. The molecule has 0 atom stereocenters. The quantitative estimate of drug-likeness (QED) is 0.670. The zero-order valence-electron chi connectivity index (χ0n) is 12.7. The summed E-state index contributed by atoms with van der Waals surface area (Å²) in [5.74, 6) is 0.984. The lowest BCUT2D eigenvalue weighted by Crippen LogP contribution is -2.32. The van der Waals surface area contributed by atoms with Crippen LogP contribution in [0.5, 0.6) is 0 Å². The van der Waals surface area contributed by atoms with E-state index in [0.29, 0.717) is 5.92 Å². The van der Waals surface area contributed by atoms with Crippen molar-refractivity contribution >= 4 is 34.7 Å². The van der Waals surface area contributed by atoms with Gasteiger partial charge in [0, 0.05) is 11.3 Å². The molecule has 3 rings (SSSR count). The van der Waals surface area contributed by atoms with Gasteiger partial charge >= 0.3 is 6.09 Å². The third kappa shape index (κ3) is 3.98. The minimum absolute atomic E-state index is 0.101.